The highest BCUT2D eigenvalue weighted by Gasteiger charge is 2.21. The minimum Gasteiger partial charge on any atom is -0.366 e. The van der Waals surface area contributed by atoms with Gasteiger partial charge in [-0.15, -0.1) is 23.7 Å². The summed E-state index contributed by atoms with van der Waals surface area (Å²) in [6, 6.07) is 7.77. The first-order valence-corrected chi connectivity index (χ1v) is 8.73. The number of carbonyl (C=O) groups is 1. The van der Waals surface area contributed by atoms with E-state index in [1.165, 1.54) is 0 Å². The minimum atomic E-state index is -0.416. The molecule has 1 unspecified atom stereocenters. The number of morpholine rings is 1. The fourth-order valence-corrected chi connectivity index (χ4v) is 3.85. The van der Waals surface area contributed by atoms with Crippen LogP contribution in [0.5, 0.6) is 0 Å². The van der Waals surface area contributed by atoms with Gasteiger partial charge < -0.3 is 15.4 Å². The van der Waals surface area contributed by atoms with Gasteiger partial charge in [0.2, 0.25) is 0 Å². The van der Waals surface area contributed by atoms with Gasteiger partial charge in [0.1, 0.15) is 6.10 Å². The van der Waals surface area contributed by atoms with Crippen LogP contribution in [-0.2, 0) is 9.53 Å². The lowest BCUT2D eigenvalue weighted by Crippen LogP contribution is -2.45. The number of thiazole rings is 1. The van der Waals surface area contributed by atoms with E-state index in [1.54, 1.807) is 23.1 Å². The van der Waals surface area contributed by atoms with E-state index in [-0.39, 0.29) is 18.3 Å². The first kappa shape index (κ1) is 18.2. The molecule has 2 aromatic rings. The number of benzene rings is 1. The average Bonchev–Trinajstić information content (AvgIpc) is 2.95. The van der Waals surface area contributed by atoms with Crippen molar-refractivity contribution in [1.29, 1.82) is 0 Å². The number of ether oxygens (including phenoxy) is 1. The summed E-state index contributed by atoms with van der Waals surface area (Å²) >= 11 is 3.26. The van der Waals surface area contributed by atoms with Crippen LogP contribution in [0.3, 0.4) is 0 Å². The SMILES string of the molecule is Cc1csc(Sc2ccc(NC(=O)C3CNCCO3)cc2)n1.Cl. The quantitative estimate of drug-likeness (QED) is 0.865. The maximum Gasteiger partial charge on any atom is 0.254 e. The number of anilines is 1. The van der Waals surface area contributed by atoms with Crippen molar-refractivity contribution in [2.24, 2.45) is 0 Å². The van der Waals surface area contributed by atoms with Gasteiger partial charge in [0.25, 0.3) is 5.91 Å². The molecule has 23 heavy (non-hydrogen) atoms. The Balaban J connectivity index is 0.00000192. The number of hydrogen-bond acceptors (Lipinski definition) is 6. The second-order valence-electron chi connectivity index (χ2n) is 4.93. The number of aryl methyl sites for hydroxylation is 1. The highest BCUT2D eigenvalue weighted by Crippen LogP contribution is 2.30. The molecule has 0 spiro atoms. The van der Waals surface area contributed by atoms with Gasteiger partial charge in [-0.25, -0.2) is 4.98 Å². The van der Waals surface area contributed by atoms with E-state index in [9.17, 15) is 4.79 Å². The Hall–Kier alpha value is -1.12. The smallest absolute Gasteiger partial charge is 0.254 e. The minimum absolute atomic E-state index is 0. The van der Waals surface area contributed by atoms with Crippen LogP contribution < -0.4 is 10.6 Å². The molecule has 0 aliphatic carbocycles. The van der Waals surface area contributed by atoms with Gasteiger partial charge in [-0.1, -0.05) is 11.8 Å². The predicted octanol–water partition coefficient (Wildman–Crippen LogP) is 2.95. The molecular formula is C15H18ClN3O2S2. The number of nitrogens with one attached hydrogen (secondary N) is 2. The first-order valence-electron chi connectivity index (χ1n) is 7.04. The van der Waals surface area contributed by atoms with Crippen LogP contribution in [0.15, 0.2) is 38.9 Å². The van der Waals surface area contributed by atoms with E-state index in [1.807, 2.05) is 36.6 Å². The maximum atomic E-state index is 12.1. The van der Waals surface area contributed by atoms with E-state index < -0.39 is 6.10 Å². The number of hydrogen-bond donors (Lipinski definition) is 2. The van der Waals surface area contributed by atoms with Crippen LogP contribution in [0.1, 0.15) is 5.69 Å². The van der Waals surface area contributed by atoms with E-state index in [4.69, 9.17) is 4.74 Å². The van der Waals surface area contributed by atoms with E-state index >= 15 is 0 Å². The zero-order chi connectivity index (χ0) is 15.4. The molecule has 1 aromatic carbocycles. The standard InChI is InChI=1S/C15H17N3O2S2.ClH/c1-10-9-21-15(17-10)22-12-4-2-11(3-5-12)18-14(19)13-8-16-6-7-20-13;/h2-5,9,13,16H,6-8H2,1H3,(H,18,19);1H. The number of amides is 1. The molecule has 0 saturated carbocycles. The summed E-state index contributed by atoms with van der Waals surface area (Å²) in [5.74, 6) is -0.108. The molecule has 1 aromatic heterocycles. The lowest BCUT2D eigenvalue weighted by atomic mass is 10.2. The molecule has 1 saturated heterocycles. The third kappa shape index (κ3) is 5.19. The van der Waals surface area contributed by atoms with Crippen molar-refractivity contribution in [3.05, 3.63) is 35.3 Å². The van der Waals surface area contributed by atoms with Crippen molar-refractivity contribution in [1.82, 2.24) is 10.3 Å². The van der Waals surface area contributed by atoms with E-state index in [0.29, 0.717) is 13.2 Å². The Kier molecular flexibility index (Phi) is 6.86. The van der Waals surface area contributed by atoms with Crippen molar-refractivity contribution in [3.63, 3.8) is 0 Å². The van der Waals surface area contributed by atoms with Crippen LogP contribution in [0.25, 0.3) is 0 Å². The van der Waals surface area contributed by atoms with E-state index in [2.05, 4.69) is 15.6 Å². The third-order valence-electron chi connectivity index (χ3n) is 3.14. The van der Waals surface area contributed by atoms with Crippen molar-refractivity contribution in [3.8, 4) is 0 Å². The van der Waals surface area contributed by atoms with Crippen LogP contribution in [0.2, 0.25) is 0 Å². The molecule has 0 radical (unpaired) electrons. The number of rotatable bonds is 4. The second kappa shape index (κ2) is 8.65. The van der Waals surface area contributed by atoms with Crippen molar-refractivity contribution in [2.75, 3.05) is 25.0 Å². The molecule has 3 rings (SSSR count). The highest BCUT2D eigenvalue weighted by atomic mass is 35.5. The molecular weight excluding hydrogens is 354 g/mol. The molecule has 2 heterocycles. The molecule has 124 valence electrons. The summed E-state index contributed by atoms with van der Waals surface area (Å²) in [4.78, 5) is 17.6. The summed E-state index contributed by atoms with van der Waals surface area (Å²) < 4.78 is 6.46. The van der Waals surface area contributed by atoms with Gasteiger partial charge in [-0.3, -0.25) is 4.79 Å². The van der Waals surface area contributed by atoms with Crippen LogP contribution in [0, 0.1) is 6.92 Å². The predicted molar refractivity (Wildman–Crippen MR) is 95.9 cm³/mol. The molecule has 1 aliphatic heterocycles. The van der Waals surface area contributed by atoms with Crippen LogP contribution in [0.4, 0.5) is 5.69 Å². The Labute approximate surface area is 149 Å². The monoisotopic (exact) mass is 371 g/mol. The first-order chi connectivity index (χ1) is 10.7. The summed E-state index contributed by atoms with van der Waals surface area (Å²) in [5.41, 5.74) is 1.82. The van der Waals surface area contributed by atoms with Gasteiger partial charge >= 0.3 is 0 Å². The molecule has 0 bridgehead atoms. The van der Waals surface area contributed by atoms with Gasteiger partial charge in [-0.2, -0.15) is 0 Å². The zero-order valence-corrected chi connectivity index (χ0v) is 15.0. The Morgan fingerprint density at radius 2 is 2.22 bits per heavy atom. The van der Waals surface area contributed by atoms with Gasteiger partial charge in [-0.05, 0) is 31.2 Å². The second-order valence-corrected chi connectivity index (χ2v) is 7.11. The Morgan fingerprint density at radius 3 is 2.83 bits per heavy atom. The van der Waals surface area contributed by atoms with E-state index in [0.717, 1.165) is 27.2 Å². The number of aromatic nitrogens is 1. The Morgan fingerprint density at radius 1 is 1.43 bits per heavy atom. The molecule has 1 amide bonds. The Bertz CT molecular complexity index is 642. The number of nitrogens with zero attached hydrogens (tertiary/aromatic N) is 1. The van der Waals surface area contributed by atoms with Crippen molar-refractivity contribution in [2.45, 2.75) is 22.3 Å². The van der Waals surface area contributed by atoms with Gasteiger partial charge in [0.15, 0.2) is 4.34 Å². The fourth-order valence-electron chi connectivity index (χ4n) is 2.04. The van der Waals surface area contributed by atoms with Gasteiger partial charge in [0, 0.05) is 34.7 Å². The summed E-state index contributed by atoms with van der Waals surface area (Å²) in [5, 5.41) is 8.06. The molecule has 1 atom stereocenters. The third-order valence-corrected chi connectivity index (χ3v) is 5.21. The van der Waals surface area contributed by atoms with Crippen LogP contribution in [-0.4, -0.2) is 36.7 Å². The number of carbonyl (C=O) groups excluding carboxylic acids is 1. The normalized spacial score (nSPS) is 17.3. The fraction of sp³-hybridized carbons (Fsp3) is 0.333. The highest BCUT2D eigenvalue weighted by molar-refractivity contribution is 8.01. The summed E-state index contributed by atoms with van der Waals surface area (Å²) in [6.07, 6.45) is -0.416. The summed E-state index contributed by atoms with van der Waals surface area (Å²) in [7, 11) is 0. The van der Waals surface area contributed by atoms with Crippen molar-refractivity contribution < 1.29 is 9.53 Å². The van der Waals surface area contributed by atoms with Gasteiger partial charge in [0.05, 0.1) is 6.61 Å². The number of halogens is 1. The molecule has 5 nitrogen and oxygen atoms in total. The zero-order valence-electron chi connectivity index (χ0n) is 12.6. The molecule has 1 aliphatic rings. The molecule has 2 N–H and O–H groups in total. The van der Waals surface area contributed by atoms with Crippen LogP contribution >= 0.6 is 35.5 Å². The maximum absolute atomic E-state index is 12.1. The lowest BCUT2D eigenvalue weighted by molar-refractivity contribution is -0.128. The molecule has 8 heteroatoms. The lowest BCUT2D eigenvalue weighted by Gasteiger charge is -2.22. The molecule has 1 fully saturated rings. The average molecular weight is 372 g/mol. The van der Waals surface area contributed by atoms with Crippen molar-refractivity contribution >= 4 is 47.1 Å². The topological polar surface area (TPSA) is 63.2 Å². The summed E-state index contributed by atoms with van der Waals surface area (Å²) in [6.45, 7) is 3.91. The largest absolute Gasteiger partial charge is 0.366 e.